The summed E-state index contributed by atoms with van der Waals surface area (Å²) in [6.07, 6.45) is 0. The van der Waals surface area contributed by atoms with Gasteiger partial charge in [-0.1, -0.05) is 0 Å². The van der Waals surface area contributed by atoms with E-state index < -0.39 is 4.92 Å². The summed E-state index contributed by atoms with van der Waals surface area (Å²) in [6, 6.07) is 8.75. The number of aliphatic hydroxyl groups is 2. The molecule has 0 saturated heterocycles. The number of hydrogen-bond donors (Lipinski definition) is 3. The van der Waals surface area contributed by atoms with Gasteiger partial charge in [0.2, 0.25) is 5.91 Å². The molecule has 0 aromatic heterocycles. The summed E-state index contributed by atoms with van der Waals surface area (Å²) in [5, 5.41) is 39.0. The number of benzene rings is 2. The Morgan fingerprint density at radius 1 is 1.15 bits per heavy atom. The van der Waals surface area contributed by atoms with Crippen LogP contribution in [0.4, 0.5) is 11.4 Å². The van der Waals surface area contributed by atoms with E-state index >= 15 is 0 Å². The number of nitro groups is 1. The molecule has 0 saturated carbocycles. The van der Waals surface area contributed by atoms with Crippen LogP contribution in [0.25, 0.3) is 0 Å². The number of aliphatic hydroxyl groups excluding tert-OH is 2. The van der Waals surface area contributed by atoms with E-state index in [1.807, 2.05) is 0 Å². The van der Waals surface area contributed by atoms with Crippen molar-refractivity contribution in [2.75, 3.05) is 17.7 Å². The lowest BCUT2D eigenvalue weighted by Gasteiger charge is -2.17. The molecule has 0 unspecified atom stereocenters. The maximum Gasteiger partial charge on any atom is 0.269 e. The highest BCUT2D eigenvalue weighted by Crippen LogP contribution is 2.30. The average Bonchev–Trinajstić information content (AvgIpc) is 2.66. The molecule has 0 atom stereocenters. The van der Waals surface area contributed by atoms with Gasteiger partial charge in [-0.3, -0.25) is 14.9 Å². The number of carbonyl (C=O) groups excluding carboxylic acids is 1. The van der Waals surface area contributed by atoms with Crippen molar-refractivity contribution in [1.82, 2.24) is 0 Å². The molecule has 0 radical (unpaired) electrons. The number of hydrogen-bond acceptors (Lipinski definition) is 7. The normalized spacial score (nSPS) is 10.6. The van der Waals surface area contributed by atoms with Crippen molar-refractivity contribution in [2.24, 2.45) is 0 Å². The van der Waals surface area contributed by atoms with Gasteiger partial charge in [0.1, 0.15) is 5.75 Å². The van der Waals surface area contributed by atoms with Crippen LogP contribution in [0, 0.1) is 10.1 Å². The molecule has 9 heteroatoms. The molecule has 0 aliphatic heterocycles. The predicted molar refractivity (Wildman–Crippen MR) is 97.2 cm³/mol. The minimum atomic E-state index is -0.510. The Balaban J connectivity index is 2.07. The highest BCUT2D eigenvalue weighted by molar-refractivity contribution is 8.00. The summed E-state index contributed by atoms with van der Waals surface area (Å²) < 4.78 is 0. The van der Waals surface area contributed by atoms with Crippen molar-refractivity contribution in [3.8, 4) is 5.75 Å². The number of nitrogens with zero attached hydrogens (tertiary/aromatic N) is 2. The van der Waals surface area contributed by atoms with Crippen LogP contribution in [0.1, 0.15) is 11.1 Å². The van der Waals surface area contributed by atoms with E-state index in [2.05, 4.69) is 0 Å². The molecule has 0 spiro atoms. The zero-order valence-electron chi connectivity index (χ0n) is 14.0. The van der Waals surface area contributed by atoms with Crippen molar-refractivity contribution >= 4 is 29.0 Å². The van der Waals surface area contributed by atoms with Crippen LogP contribution >= 0.6 is 11.8 Å². The van der Waals surface area contributed by atoms with Crippen molar-refractivity contribution < 1.29 is 25.0 Å². The van der Waals surface area contributed by atoms with E-state index in [0.29, 0.717) is 10.6 Å². The fourth-order valence-electron chi connectivity index (χ4n) is 2.24. The molecule has 2 aromatic rings. The number of phenols is 1. The highest BCUT2D eigenvalue weighted by atomic mass is 32.2. The minimum absolute atomic E-state index is 0.0545. The van der Waals surface area contributed by atoms with Crippen LogP contribution in [-0.4, -0.2) is 39.0 Å². The van der Waals surface area contributed by atoms with Gasteiger partial charge in [-0.05, 0) is 24.3 Å². The highest BCUT2D eigenvalue weighted by Gasteiger charge is 2.15. The van der Waals surface area contributed by atoms with E-state index in [9.17, 15) is 30.2 Å². The third-order valence-corrected chi connectivity index (χ3v) is 4.73. The SMILES string of the molecule is CN(C(=O)CSc1cc(CO)c(O)c(CO)c1)c1ccc([N+](=O)[O-])cc1. The summed E-state index contributed by atoms with van der Waals surface area (Å²) in [6.45, 7) is -0.770. The fourth-order valence-corrected chi connectivity index (χ4v) is 3.17. The Morgan fingerprint density at radius 3 is 2.15 bits per heavy atom. The Hall–Kier alpha value is -2.62. The van der Waals surface area contributed by atoms with Crippen molar-refractivity contribution in [3.63, 3.8) is 0 Å². The standard InChI is InChI=1S/C17H18N2O6S/c1-18(13-2-4-14(5-3-13)19(24)25)16(22)10-26-15-6-11(8-20)17(23)12(7-15)9-21/h2-7,20-21,23H,8-10H2,1H3. The second-order valence-electron chi connectivity index (χ2n) is 5.42. The van der Waals surface area contributed by atoms with Crippen LogP contribution in [0.15, 0.2) is 41.3 Å². The zero-order chi connectivity index (χ0) is 19.3. The van der Waals surface area contributed by atoms with Crippen LogP contribution in [0.2, 0.25) is 0 Å². The molecule has 0 aliphatic rings. The Morgan fingerprint density at radius 2 is 1.69 bits per heavy atom. The number of nitro benzene ring substituents is 1. The molecule has 8 nitrogen and oxygen atoms in total. The number of rotatable bonds is 7. The predicted octanol–water partition coefficient (Wildman–Crippen LogP) is 2.04. The molecule has 26 heavy (non-hydrogen) atoms. The van der Waals surface area contributed by atoms with E-state index in [1.165, 1.54) is 40.9 Å². The lowest BCUT2D eigenvalue weighted by atomic mass is 10.1. The number of aromatic hydroxyl groups is 1. The summed E-state index contributed by atoms with van der Waals surface area (Å²) >= 11 is 1.19. The molecule has 3 N–H and O–H groups in total. The Bertz CT molecular complexity index is 784. The van der Waals surface area contributed by atoms with Gasteiger partial charge in [0, 0.05) is 40.9 Å². The average molecular weight is 378 g/mol. The van der Waals surface area contributed by atoms with Gasteiger partial charge >= 0.3 is 0 Å². The third kappa shape index (κ3) is 4.51. The Kier molecular flexibility index (Phi) is 6.56. The number of anilines is 1. The van der Waals surface area contributed by atoms with Crippen molar-refractivity contribution in [1.29, 1.82) is 0 Å². The first kappa shape index (κ1) is 19.7. The van der Waals surface area contributed by atoms with Gasteiger partial charge in [0.15, 0.2) is 0 Å². The Labute approximate surface area is 153 Å². The van der Waals surface area contributed by atoms with Crippen LogP contribution in [0.5, 0.6) is 5.75 Å². The summed E-state index contributed by atoms with van der Waals surface area (Å²) in [5.41, 5.74) is 1.02. The van der Waals surface area contributed by atoms with E-state index in [-0.39, 0.29) is 47.4 Å². The van der Waals surface area contributed by atoms with Gasteiger partial charge in [-0.2, -0.15) is 0 Å². The first-order valence-corrected chi connectivity index (χ1v) is 8.56. The molecule has 2 aromatic carbocycles. The quantitative estimate of drug-likeness (QED) is 0.382. The molecule has 0 aliphatic carbocycles. The van der Waals surface area contributed by atoms with Crippen molar-refractivity contribution in [3.05, 3.63) is 57.6 Å². The monoisotopic (exact) mass is 378 g/mol. The summed E-state index contributed by atoms with van der Waals surface area (Å²) in [4.78, 5) is 24.5. The first-order valence-electron chi connectivity index (χ1n) is 7.57. The molecule has 0 bridgehead atoms. The zero-order valence-corrected chi connectivity index (χ0v) is 14.8. The third-order valence-electron chi connectivity index (χ3n) is 3.77. The molecule has 0 fully saturated rings. The molecular weight excluding hydrogens is 360 g/mol. The second kappa shape index (κ2) is 8.65. The van der Waals surface area contributed by atoms with E-state index in [1.54, 1.807) is 19.2 Å². The number of carbonyl (C=O) groups is 1. The minimum Gasteiger partial charge on any atom is -0.507 e. The maximum atomic E-state index is 12.3. The number of amides is 1. The second-order valence-corrected chi connectivity index (χ2v) is 6.47. The lowest BCUT2D eigenvalue weighted by Crippen LogP contribution is -2.27. The van der Waals surface area contributed by atoms with Crippen LogP contribution in [-0.2, 0) is 18.0 Å². The van der Waals surface area contributed by atoms with Crippen molar-refractivity contribution in [2.45, 2.75) is 18.1 Å². The van der Waals surface area contributed by atoms with Gasteiger partial charge in [0.05, 0.1) is 23.9 Å². The van der Waals surface area contributed by atoms with Gasteiger partial charge in [-0.15, -0.1) is 11.8 Å². The summed E-state index contributed by atoms with van der Waals surface area (Å²) in [5.74, 6) is -0.310. The van der Waals surface area contributed by atoms with Gasteiger partial charge < -0.3 is 20.2 Å². The van der Waals surface area contributed by atoms with Gasteiger partial charge in [0.25, 0.3) is 5.69 Å². The topological polar surface area (TPSA) is 124 Å². The molecule has 2 rings (SSSR count). The van der Waals surface area contributed by atoms with E-state index in [4.69, 9.17) is 0 Å². The summed E-state index contributed by atoms with van der Waals surface area (Å²) in [7, 11) is 1.57. The molecular formula is C17H18N2O6S. The molecule has 0 heterocycles. The largest absolute Gasteiger partial charge is 0.507 e. The lowest BCUT2D eigenvalue weighted by molar-refractivity contribution is -0.384. The number of thioether (sulfide) groups is 1. The first-order chi connectivity index (χ1) is 12.4. The van der Waals surface area contributed by atoms with Crippen LogP contribution < -0.4 is 4.90 Å². The molecule has 1 amide bonds. The van der Waals surface area contributed by atoms with Crippen LogP contribution in [0.3, 0.4) is 0 Å². The van der Waals surface area contributed by atoms with E-state index in [0.717, 1.165) is 0 Å². The fraction of sp³-hybridized carbons (Fsp3) is 0.235. The maximum absolute atomic E-state index is 12.3. The molecule has 138 valence electrons. The van der Waals surface area contributed by atoms with Gasteiger partial charge in [-0.25, -0.2) is 0 Å². The smallest absolute Gasteiger partial charge is 0.269 e. The number of non-ortho nitro benzene ring substituents is 1.